The Bertz CT molecular complexity index is 570. The summed E-state index contributed by atoms with van der Waals surface area (Å²) in [6, 6.07) is 15.8. The molecule has 1 unspecified atom stereocenters. The third-order valence-corrected chi connectivity index (χ3v) is 3.31. The van der Waals surface area contributed by atoms with E-state index < -0.39 is 12.1 Å². The first-order valence-corrected chi connectivity index (χ1v) is 6.63. The minimum atomic E-state index is -0.889. The number of benzene rings is 2. The molecule has 0 aliphatic carbocycles. The topological polar surface area (TPSA) is 57.5 Å². The third-order valence-electron chi connectivity index (χ3n) is 3.31. The Hall–Kier alpha value is -2.13. The highest BCUT2D eigenvalue weighted by atomic mass is 16.4. The van der Waals surface area contributed by atoms with Gasteiger partial charge in [-0.2, -0.15) is 0 Å². The van der Waals surface area contributed by atoms with E-state index in [-0.39, 0.29) is 12.8 Å². The Kier molecular flexibility index (Phi) is 4.53. The molecule has 0 aliphatic heterocycles. The SMILES string of the molecule is Cc1ccc(-c2ccc(C(O)CCC(=O)O)cc2)cc1. The quantitative estimate of drug-likeness (QED) is 0.873. The molecule has 0 radical (unpaired) electrons. The number of aliphatic hydroxyl groups is 1. The van der Waals surface area contributed by atoms with Crippen molar-refractivity contribution in [3.8, 4) is 11.1 Å². The van der Waals surface area contributed by atoms with E-state index in [0.717, 1.165) is 16.7 Å². The van der Waals surface area contributed by atoms with E-state index in [2.05, 4.69) is 24.3 Å². The van der Waals surface area contributed by atoms with E-state index >= 15 is 0 Å². The van der Waals surface area contributed by atoms with Crippen molar-refractivity contribution in [3.63, 3.8) is 0 Å². The Morgan fingerprint density at radius 3 is 2.00 bits per heavy atom. The molecule has 0 aliphatic rings. The van der Waals surface area contributed by atoms with Crippen LogP contribution < -0.4 is 0 Å². The van der Waals surface area contributed by atoms with Gasteiger partial charge in [-0.05, 0) is 30.0 Å². The molecule has 0 aromatic heterocycles. The fraction of sp³-hybridized carbons (Fsp3) is 0.235. The van der Waals surface area contributed by atoms with Crippen molar-refractivity contribution < 1.29 is 15.0 Å². The van der Waals surface area contributed by atoms with Gasteiger partial charge in [0, 0.05) is 6.42 Å². The van der Waals surface area contributed by atoms with Crippen LogP contribution in [0.4, 0.5) is 0 Å². The number of carboxylic acids is 1. The van der Waals surface area contributed by atoms with Crippen LogP contribution in [0.2, 0.25) is 0 Å². The lowest BCUT2D eigenvalue weighted by molar-refractivity contribution is -0.137. The molecule has 0 amide bonds. The Morgan fingerprint density at radius 1 is 1.00 bits per heavy atom. The Labute approximate surface area is 118 Å². The number of carbonyl (C=O) groups is 1. The smallest absolute Gasteiger partial charge is 0.303 e. The maximum absolute atomic E-state index is 10.5. The number of rotatable bonds is 5. The minimum Gasteiger partial charge on any atom is -0.481 e. The molecule has 0 saturated heterocycles. The van der Waals surface area contributed by atoms with Gasteiger partial charge in [-0.1, -0.05) is 54.1 Å². The van der Waals surface area contributed by atoms with Gasteiger partial charge in [0.15, 0.2) is 0 Å². The van der Waals surface area contributed by atoms with Gasteiger partial charge in [0.25, 0.3) is 0 Å². The number of carboxylic acid groups (broad SMARTS) is 1. The molecule has 0 bridgehead atoms. The van der Waals surface area contributed by atoms with Gasteiger partial charge >= 0.3 is 5.97 Å². The highest BCUT2D eigenvalue weighted by molar-refractivity contribution is 5.67. The van der Waals surface area contributed by atoms with Crippen molar-refractivity contribution in [2.75, 3.05) is 0 Å². The van der Waals surface area contributed by atoms with Crippen molar-refractivity contribution >= 4 is 5.97 Å². The molecule has 3 nitrogen and oxygen atoms in total. The second-order valence-electron chi connectivity index (χ2n) is 4.94. The van der Waals surface area contributed by atoms with Crippen LogP contribution in [0, 0.1) is 6.92 Å². The molecule has 2 N–H and O–H groups in total. The molecule has 0 saturated carbocycles. The normalized spacial score (nSPS) is 12.1. The van der Waals surface area contributed by atoms with Crippen LogP contribution in [-0.4, -0.2) is 16.2 Å². The van der Waals surface area contributed by atoms with Crippen LogP contribution >= 0.6 is 0 Å². The number of aliphatic carboxylic acids is 1. The molecular formula is C17H18O3. The molecule has 2 aromatic carbocycles. The highest BCUT2D eigenvalue weighted by Crippen LogP contribution is 2.24. The average Bonchev–Trinajstić information content (AvgIpc) is 2.46. The van der Waals surface area contributed by atoms with Gasteiger partial charge in [0.1, 0.15) is 0 Å². The summed E-state index contributed by atoms with van der Waals surface area (Å²) in [5, 5.41) is 18.5. The molecule has 0 heterocycles. The zero-order chi connectivity index (χ0) is 14.5. The Morgan fingerprint density at radius 2 is 1.50 bits per heavy atom. The van der Waals surface area contributed by atoms with Crippen molar-refractivity contribution in [1.82, 2.24) is 0 Å². The highest BCUT2D eigenvalue weighted by Gasteiger charge is 2.09. The standard InChI is InChI=1S/C17H18O3/c1-12-2-4-13(5-3-12)14-6-8-15(9-7-14)16(18)10-11-17(19)20/h2-9,16,18H,10-11H2,1H3,(H,19,20). The van der Waals surface area contributed by atoms with Crippen LogP contribution in [-0.2, 0) is 4.79 Å². The maximum atomic E-state index is 10.5. The summed E-state index contributed by atoms with van der Waals surface area (Å²) in [5.74, 6) is -0.889. The molecule has 3 heteroatoms. The van der Waals surface area contributed by atoms with Crippen molar-refractivity contribution in [2.45, 2.75) is 25.9 Å². The van der Waals surface area contributed by atoms with Gasteiger partial charge in [-0.3, -0.25) is 4.79 Å². The van der Waals surface area contributed by atoms with Crippen LogP contribution in [0.5, 0.6) is 0 Å². The molecule has 104 valence electrons. The molecule has 0 fully saturated rings. The number of hydrogen-bond acceptors (Lipinski definition) is 2. The molecule has 2 aromatic rings. The largest absolute Gasteiger partial charge is 0.481 e. The first-order chi connectivity index (χ1) is 9.56. The second kappa shape index (κ2) is 6.35. The molecule has 2 rings (SSSR count). The van der Waals surface area contributed by atoms with E-state index in [1.807, 2.05) is 31.2 Å². The molecular weight excluding hydrogens is 252 g/mol. The minimum absolute atomic E-state index is 0.0269. The lowest BCUT2D eigenvalue weighted by atomic mass is 9.99. The Balaban J connectivity index is 2.09. The first-order valence-electron chi connectivity index (χ1n) is 6.63. The van der Waals surface area contributed by atoms with E-state index in [4.69, 9.17) is 5.11 Å². The summed E-state index contributed by atoms with van der Waals surface area (Å²) in [6.45, 7) is 2.05. The number of hydrogen-bond donors (Lipinski definition) is 2. The summed E-state index contributed by atoms with van der Waals surface area (Å²) in [7, 11) is 0. The van der Waals surface area contributed by atoms with Gasteiger partial charge in [-0.15, -0.1) is 0 Å². The number of aliphatic hydroxyl groups excluding tert-OH is 1. The van der Waals surface area contributed by atoms with Crippen LogP contribution in [0.1, 0.15) is 30.1 Å². The van der Waals surface area contributed by atoms with Gasteiger partial charge in [-0.25, -0.2) is 0 Å². The predicted octanol–water partition coefficient (Wildman–Crippen LogP) is 3.56. The van der Waals surface area contributed by atoms with E-state index in [1.165, 1.54) is 5.56 Å². The van der Waals surface area contributed by atoms with Crippen molar-refractivity contribution in [3.05, 3.63) is 59.7 Å². The predicted molar refractivity (Wildman–Crippen MR) is 78.4 cm³/mol. The van der Waals surface area contributed by atoms with Crippen molar-refractivity contribution in [2.24, 2.45) is 0 Å². The summed E-state index contributed by atoms with van der Waals surface area (Å²) in [4.78, 5) is 10.5. The van der Waals surface area contributed by atoms with Gasteiger partial charge in [0.05, 0.1) is 6.10 Å². The maximum Gasteiger partial charge on any atom is 0.303 e. The molecule has 20 heavy (non-hydrogen) atoms. The lowest BCUT2D eigenvalue weighted by Crippen LogP contribution is -2.02. The second-order valence-corrected chi connectivity index (χ2v) is 4.94. The summed E-state index contributed by atoms with van der Waals surface area (Å²) in [6.07, 6.45) is -0.515. The average molecular weight is 270 g/mol. The summed E-state index contributed by atoms with van der Waals surface area (Å²) in [5.41, 5.74) is 4.18. The zero-order valence-electron chi connectivity index (χ0n) is 11.4. The van der Waals surface area contributed by atoms with Gasteiger partial charge < -0.3 is 10.2 Å². The van der Waals surface area contributed by atoms with Crippen LogP contribution in [0.15, 0.2) is 48.5 Å². The lowest BCUT2D eigenvalue weighted by Gasteiger charge is -2.10. The zero-order valence-corrected chi connectivity index (χ0v) is 11.4. The van der Waals surface area contributed by atoms with E-state index in [1.54, 1.807) is 0 Å². The fourth-order valence-electron chi connectivity index (χ4n) is 2.07. The third kappa shape index (κ3) is 3.68. The first kappa shape index (κ1) is 14.3. The monoisotopic (exact) mass is 270 g/mol. The summed E-state index contributed by atoms with van der Waals surface area (Å²) >= 11 is 0. The molecule has 1 atom stereocenters. The molecule has 0 spiro atoms. The van der Waals surface area contributed by atoms with Crippen molar-refractivity contribution in [1.29, 1.82) is 0 Å². The van der Waals surface area contributed by atoms with E-state index in [9.17, 15) is 9.90 Å². The summed E-state index contributed by atoms with van der Waals surface area (Å²) < 4.78 is 0. The van der Waals surface area contributed by atoms with Crippen LogP contribution in [0.3, 0.4) is 0 Å². The van der Waals surface area contributed by atoms with Crippen LogP contribution in [0.25, 0.3) is 11.1 Å². The van der Waals surface area contributed by atoms with Gasteiger partial charge in [0.2, 0.25) is 0 Å². The van der Waals surface area contributed by atoms with E-state index in [0.29, 0.717) is 0 Å². The fourth-order valence-corrected chi connectivity index (χ4v) is 2.07. The number of aryl methyl sites for hydroxylation is 1.